The van der Waals surface area contributed by atoms with Crippen molar-refractivity contribution >= 4 is 51.1 Å². The first-order valence-corrected chi connectivity index (χ1v) is 8.99. The molecule has 1 heterocycles. The molecule has 0 radical (unpaired) electrons. The Kier molecular flexibility index (Phi) is 4.87. The van der Waals surface area contributed by atoms with Crippen LogP contribution in [0.15, 0.2) is 67.0 Å². The van der Waals surface area contributed by atoms with E-state index in [1.165, 1.54) is 6.33 Å². The summed E-state index contributed by atoms with van der Waals surface area (Å²) in [6.45, 7) is 0. The van der Waals surface area contributed by atoms with Crippen molar-refractivity contribution in [1.29, 1.82) is 0 Å². The predicted molar refractivity (Wildman–Crippen MR) is 115 cm³/mol. The van der Waals surface area contributed by atoms with Gasteiger partial charge in [-0.15, -0.1) is 0 Å². The van der Waals surface area contributed by atoms with Crippen molar-refractivity contribution in [2.45, 2.75) is 0 Å². The molecule has 0 bridgehead atoms. The van der Waals surface area contributed by atoms with Gasteiger partial charge < -0.3 is 21.1 Å². The number of aromatic nitrogens is 2. The number of ether oxygens (including phenoxy) is 1. The lowest BCUT2D eigenvalue weighted by atomic mass is 10.1. The molecule has 28 heavy (non-hydrogen) atoms. The van der Waals surface area contributed by atoms with E-state index in [0.717, 1.165) is 16.5 Å². The number of halogens is 1. The van der Waals surface area contributed by atoms with E-state index in [1.54, 1.807) is 25.3 Å². The van der Waals surface area contributed by atoms with E-state index in [0.29, 0.717) is 33.8 Å². The number of anilines is 5. The fourth-order valence-corrected chi connectivity index (χ4v) is 3.13. The van der Waals surface area contributed by atoms with E-state index >= 15 is 0 Å². The van der Waals surface area contributed by atoms with Gasteiger partial charge in [0.15, 0.2) is 11.6 Å². The molecule has 0 aliphatic carbocycles. The van der Waals surface area contributed by atoms with Crippen LogP contribution in [0.3, 0.4) is 0 Å². The Hall–Kier alpha value is -3.51. The van der Waals surface area contributed by atoms with Crippen LogP contribution >= 0.6 is 11.6 Å². The van der Waals surface area contributed by atoms with Gasteiger partial charge in [0.05, 0.1) is 12.8 Å². The maximum atomic E-state index is 6.33. The van der Waals surface area contributed by atoms with Gasteiger partial charge in [-0.1, -0.05) is 48.0 Å². The Morgan fingerprint density at radius 2 is 1.61 bits per heavy atom. The lowest BCUT2D eigenvalue weighted by Gasteiger charge is -2.15. The molecule has 6 nitrogen and oxygen atoms in total. The molecular weight excluding hydrogens is 374 g/mol. The Bertz CT molecular complexity index is 1140. The lowest BCUT2D eigenvalue weighted by Crippen LogP contribution is -2.06. The highest BCUT2D eigenvalue weighted by molar-refractivity contribution is 6.31. The first-order chi connectivity index (χ1) is 13.7. The number of nitrogens with zero attached hydrogens (tertiary/aromatic N) is 2. The van der Waals surface area contributed by atoms with Crippen molar-refractivity contribution in [1.82, 2.24) is 9.97 Å². The normalized spacial score (nSPS) is 10.6. The molecule has 1 aromatic heterocycles. The van der Waals surface area contributed by atoms with Crippen LogP contribution in [0.4, 0.5) is 28.7 Å². The van der Waals surface area contributed by atoms with E-state index in [1.807, 2.05) is 30.3 Å². The molecule has 7 heteroatoms. The van der Waals surface area contributed by atoms with E-state index in [2.05, 4.69) is 32.7 Å². The van der Waals surface area contributed by atoms with Gasteiger partial charge in [0.1, 0.15) is 17.8 Å². The molecule has 4 aromatic rings. The number of nitrogen functional groups attached to an aromatic ring is 1. The molecular formula is C21H18ClN5O. The molecule has 0 saturated carbocycles. The number of nitrogens with one attached hydrogen (secondary N) is 2. The predicted octanol–water partition coefficient (Wildman–Crippen LogP) is 5.36. The van der Waals surface area contributed by atoms with Crippen molar-refractivity contribution in [3.05, 3.63) is 72.0 Å². The van der Waals surface area contributed by atoms with Gasteiger partial charge in [0, 0.05) is 16.1 Å². The SMILES string of the molecule is COc1ccc(Cl)cc1Nc1ncnc(Nc2cccc3ccccc23)c1N. The largest absolute Gasteiger partial charge is 0.495 e. The number of hydrogen-bond acceptors (Lipinski definition) is 6. The molecule has 0 fully saturated rings. The molecule has 0 aliphatic rings. The summed E-state index contributed by atoms with van der Waals surface area (Å²) >= 11 is 6.10. The molecule has 0 unspecified atom stereocenters. The number of hydrogen-bond donors (Lipinski definition) is 3. The summed E-state index contributed by atoms with van der Waals surface area (Å²) in [5.41, 5.74) is 8.29. The van der Waals surface area contributed by atoms with Crippen molar-refractivity contribution in [3.8, 4) is 5.75 Å². The topological polar surface area (TPSA) is 85.1 Å². The molecule has 3 aromatic carbocycles. The fourth-order valence-electron chi connectivity index (χ4n) is 2.96. The van der Waals surface area contributed by atoms with Gasteiger partial charge in [-0.2, -0.15) is 0 Å². The maximum absolute atomic E-state index is 6.33. The van der Waals surface area contributed by atoms with E-state index in [9.17, 15) is 0 Å². The van der Waals surface area contributed by atoms with Crippen molar-refractivity contribution in [2.75, 3.05) is 23.5 Å². The third-order valence-corrected chi connectivity index (χ3v) is 4.58. The van der Waals surface area contributed by atoms with Crippen LogP contribution < -0.4 is 21.1 Å². The first-order valence-electron chi connectivity index (χ1n) is 8.61. The maximum Gasteiger partial charge on any atom is 0.159 e. The molecule has 4 rings (SSSR count). The Morgan fingerprint density at radius 1 is 0.893 bits per heavy atom. The number of methoxy groups -OCH3 is 1. The minimum atomic E-state index is 0.387. The van der Waals surface area contributed by atoms with Crippen LogP contribution in [0.5, 0.6) is 5.75 Å². The highest BCUT2D eigenvalue weighted by Crippen LogP contribution is 2.34. The molecule has 0 atom stereocenters. The zero-order chi connectivity index (χ0) is 19.5. The van der Waals surface area contributed by atoms with Gasteiger partial charge in [-0.25, -0.2) is 9.97 Å². The monoisotopic (exact) mass is 391 g/mol. The second-order valence-corrected chi connectivity index (χ2v) is 6.54. The van der Waals surface area contributed by atoms with Crippen molar-refractivity contribution < 1.29 is 4.74 Å². The number of fused-ring (bicyclic) bond motifs is 1. The third kappa shape index (κ3) is 3.50. The summed E-state index contributed by atoms with van der Waals surface area (Å²) in [4.78, 5) is 8.56. The minimum Gasteiger partial charge on any atom is -0.495 e. The van der Waals surface area contributed by atoms with Crippen molar-refractivity contribution in [3.63, 3.8) is 0 Å². The van der Waals surface area contributed by atoms with Crippen LogP contribution in [0.1, 0.15) is 0 Å². The quantitative estimate of drug-likeness (QED) is 0.424. The van der Waals surface area contributed by atoms with Gasteiger partial charge >= 0.3 is 0 Å². The highest BCUT2D eigenvalue weighted by atomic mass is 35.5. The average molecular weight is 392 g/mol. The van der Waals surface area contributed by atoms with Crippen LogP contribution in [-0.4, -0.2) is 17.1 Å². The molecule has 0 amide bonds. The summed E-state index contributed by atoms with van der Waals surface area (Å²) in [7, 11) is 1.59. The third-order valence-electron chi connectivity index (χ3n) is 4.34. The van der Waals surface area contributed by atoms with Gasteiger partial charge in [-0.05, 0) is 29.7 Å². The van der Waals surface area contributed by atoms with Crippen molar-refractivity contribution in [2.24, 2.45) is 0 Å². The second-order valence-electron chi connectivity index (χ2n) is 6.11. The van der Waals surface area contributed by atoms with E-state index < -0.39 is 0 Å². The lowest BCUT2D eigenvalue weighted by molar-refractivity contribution is 0.417. The van der Waals surface area contributed by atoms with Gasteiger partial charge in [0.25, 0.3) is 0 Å². The number of benzene rings is 3. The summed E-state index contributed by atoms with van der Waals surface area (Å²) < 4.78 is 5.37. The zero-order valence-electron chi connectivity index (χ0n) is 15.1. The standard InChI is InChI=1S/C21H18ClN5O/c1-28-18-10-9-14(22)11-17(18)27-21-19(23)20(24-12-25-21)26-16-8-4-6-13-5-2-3-7-15(13)16/h2-12H,23H2,1H3,(H2,24,25,26,27). The van der Waals surface area contributed by atoms with Crippen LogP contribution in [0.25, 0.3) is 10.8 Å². The first kappa shape index (κ1) is 17.9. The fraction of sp³-hybridized carbons (Fsp3) is 0.0476. The Morgan fingerprint density at radius 3 is 2.39 bits per heavy atom. The highest BCUT2D eigenvalue weighted by Gasteiger charge is 2.12. The summed E-state index contributed by atoms with van der Waals surface area (Å²) in [5, 5.41) is 9.26. The summed E-state index contributed by atoms with van der Waals surface area (Å²) in [6, 6.07) is 19.4. The molecule has 0 aliphatic heterocycles. The van der Waals surface area contributed by atoms with Crippen LogP contribution in [0.2, 0.25) is 5.02 Å². The van der Waals surface area contributed by atoms with Crippen LogP contribution in [0, 0.1) is 0 Å². The second kappa shape index (κ2) is 7.62. The van der Waals surface area contributed by atoms with Gasteiger partial charge in [0.2, 0.25) is 0 Å². The van der Waals surface area contributed by atoms with E-state index in [4.69, 9.17) is 22.1 Å². The van der Waals surface area contributed by atoms with Gasteiger partial charge in [-0.3, -0.25) is 0 Å². The smallest absolute Gasteiger partial charge is 0.159 e. The zero-order valence-corrected chi connectivity index (χ0v) is 15.9. The molecule has 0 saturated heterocycles. The van der Waals surface area contributed by atoms with E-state index in [-0.39, 0.29) is 0 Å². The van der Waals surface area contributed by atoms with Crippen LogP contribution in [-0.2, 0) is 0 Å². The number of nitrogens with two attached hydrogens (primary N) is 1. The Balaban J connectivity index is 1.68. The number of rotatable bonds is 5. The molecule has 4 N–H and O–H groups in total. The summed E-state index contributed by atoms with van der Waals surface area (Å²) in [5.74, 6) is 1.60. The summed E-state index contributed by atoms with van der Waals surface area (Å²) in [6.07, 6.45) is 1.45. The molecule has 0 spiro atoms. The minimum absolute atomic E-state index is 0.387. The molecule has 140 valence electrons. The average Bonchev–Trinajstić information content (AvgIpc) is 2.71. The Labute approximate surface area is 167 Å².